The van der Waals surface area contributed by atoms with Crippen LogP contribution in [0.15, 0.2) is 42.5 Å². The quantitative estimate of drug-likeness (QED) is 0.733. The van der Waals surface area contributed by atoms with Crippen molar-refractivity contribution in [2.75, 3.05) is 0 Å². The monoisotopic (exact) mass is 284 g/mol. The maximum Gasteiger partial charge on any atom is 0.127 e. The molecule has 0 N–H and O–H groups in total. The van der Waals surface area contributed by atoms with E-state index >= 15 is 0 Å². The van der Waals surface area contributed by atoms with Crippen molar-refractivity contribution in [3.05, 3.63) is 64.4 Å². The van der Waals surface area contributed by atoms with Gasteiger partial charge in [0.05, 0.1) is 0 Å². The van der Waals surface area contributed by atoms with Crippen LogP contribution >= 0.6 is 23.2 Å². The van der Waals surface area contributed by atoms with E-state index in [1.54, 1.807) is 12.1 Å². The second kappa shape index (κ2) is 6.07. The molecule has 2 aromatic rings. The summed E-state index contributed by atoms with van der Waals surface area (Å²) in [4.78, 5) is 0. The van der Waals surface area contributed by atoms with Gasteiger partial charge in [-0.3, -0.25) is 0 Å². The third kappa shape index (κ3) is 3.37. The van der Waals surface area contributed by atoms with Gasteiger partial charge >= 0.3 is 0 Å². The first kappa shape index (κ1) is 13.2. The molecule has 0 amide bonds. The summed E-state index contributed by atoms with van der Waals surface area (Å²) in [6.07, 6.45) is 0. The smallest absolute Gasteiger partial charge is 0.127 e. The Bertz CT molecular complexity index is 543. The molecule has 0 atom stereocenters. The van der Waals surface area contributed by atoms with Crippen LogP contribution in [-0.2, 0) is 12.5 Å². The lowest BCUT2D eigenvalue weighted by Gasteiger charge is -2.09. The number of benzene rings is 2. The fourth-order valence-corrected chi connectivity index (χ4v) is 1.90. The van der Waals surface area contributed by atoms with Crippen molar-refractivity contribution >= 4 is 23.2 Å². The van der Waals surface area contributed by atoms with Crippen molar-refractivity contribution in [2.45, 2.75) is 12.5 Å². The van der Waals surface area contributed by atoms with Crippen LogP contribution in [0.1, 0.15) is 11.1 Å². The van der Waals surface area contributed by atoms with E-state index in [1.165, 1.54) is 12.1 Å². The molecule has 0 aliphatic carbocycles. The summed E-state index contributed by atoms with van der Waals surface area (Å²) in [7, 11) is 0. The molecule has 0 aromatic heterocycles. The summed E-state index contributed by atoms with van der Waals surface area (Å²) in [5.74, 6) is 0.341. The van der Waals surface area contributed by atoms with Crippen molar-refractivity contribution in [2.24, 2.45) is 0 Å². The summed E-state index contributed by atoms with van der Waals surface area (Å²) < 4.78 is 18.8. The molecule has 1 nitrogen and oxygen atoms in total. The van der Waals surface area contributed by atoms with Gasteiger partial charge in [-0.1, -0.05) is 29.8 Å². The first-order chi connectivity index (χ1) is 8.69. The second-order valence-corrected chi connectivity index (χ2v) is 4.48. The first-order valence-electron chi connectivity index (χ1n) is 5.40. The third-order valence-electron chi connectivity index (χ3n) is 2.44. The summed E-state index contributed by atoms with van der Waals surface area (Å²) in [5.41, 5.74) is 1.54. The van der Waals surface area contributed by atoms with Crippen molar-refractivity contribution in [3.63, 3.8) is 0 Å². The zero-order valence-electron chi connectivity index (χ0n) is 9.50. The fourth-order valence-electron chi connectivity index (χ4n) is 1.56. The molecule has 2 aromatic carbocycles. The highest BCUT2D eigenvalue weighted by molar-refractivity contribution is 6.31. The van der Waals surface area contributed by atoms with Crippen molar-refractivity contribution in [1.82, 2.24) is 0 Å². The molecule has 2 rings (SSSR count). The molecule has 0 fully saturated rings. The minimum absolute atomic E-state index is 0.250. The highest BCUT2D eigenvalue weighted by atomic mass is 35.5. The number of rotatable bonds is 4. The molecule has 0 saturated heterocycles. The van der Waals surface area contributed by atoms with E-state index in [2.05, 4.69) is 0 Å². The number of hydrogen-bond donors (Lipinski definition) is 0. The Morgan fingerprint density at radius 1 is 1.11 bits per heavy atom. The lowest BCUT2D eigenvalue weighted by molar-refractivity contribution is 0.304. The van der Waals surface area contributed by atoms with E-state index < -0.39 is 0 Å². The van der Waals surface area contributed by atoms with Gasteiger partial charge in [0.1, 0.15) is 18.2 Å². The highest BCUT2D eigenvalue weighted by Crippen LogP contribution is 2.21. The largest absolute Gasteiger partial charge is 0.489 e. The van der Waals surface area contributed by atoms with E-state index in [9.17, 15) is 4.39 Å². The van der Waals surface area contributed by atoms with E-state index in [1.807, 2.05) is 18.2 Å². The molecule has 0 saturated carbocycles. The molecule has 0 unspecified atom stereocenters. The standard InChI is InChI=1S/C14H11Cl2FO/c15-8-10-5-12(17)7-13(6-10)18-9-11-3-1-2-4-14(11)16/h1-7H,8-9H2. The van der Waals surface area contributed by atoms with Crippen molar-refractivity contribution < 1.29 is 9.13 Å². The number of halogens is 3. The zero-order chi connectivity index (χ0) is 13.0. The minimum atomic E-state index is -0.359. The normalized spacial score (nSPS) is 10.4. The lowest BCUT2D eigenvalue weighted by Crippen LogP contribution is -1.97. The van der Waals surface area contributed by atoms with Gasteiger partial charge in [-0.05, 0) is 23.8 Å². The molecule has 0 aliphatic heterocycles. The maximum absolute atomic E-state index is 13.3. The maximum atomic E-state index is 13.3. The molecule has 4 heteroatoms. The van der Waals surface area contributed by atoms with Crippen LogP contribution in [-0.4, -0.2) is 0 Å². The van der Waals surface area contributed by atoms with Gasteiger partial charge in [-0.25, -0.2) is 4.39 Å². The zero-order valence-corrected chi connectivity index (χ0v) is 11.0. The molecular weight excluding hydrogens is 274 g/mol. The summed E-state index contributed by atoms with van der Waals surface area (Å²) in [6, 6.07) is 11.8. The number of alkyl halides is 1. The predicted molar refractivity (Wildman–Crippen MR) is 71.7 cm³/mol. The summed E-state index contributed by atoms with van der Waals surface area (Å²) in [6.45, 7) is 0.296. The van der Waals surface area contributed by atoms with E-state index in [0.717, 1.165) is 5.56 Å². The van der Waals surface area contributed by atoms with E-state index in [-0.39, 0.29) is 11.7 Å². The molecular formula is C14H11Cl2FO. The molecule has 0 aliphatic rings. The topological polar surface area (TPSA) is 9.23 Å². The third-order valence-corrected chi connectivity index (χ3v) is 3.11. The second-order valence-electron chi connectivity index (χ2n) is 3.81. The van der Waals surface area contributed by atoms with Crippen molar-refractivity contribution in [1.29, 1.82) is 0 Å². The van der Waals surface area contributed by atoms with Crippen LogP contribution in [0.25, 0.3) is 0 Å². The van der Waals surface area contributed by atoms with Gasteiger partial charge in [0, 0.05) is 22.5 Å². The van der Waals surface area contributed by atoms with Gasteiger partial charge in [-0.2, -0.15) is 0 Å². The Morgan fingerprint density at radius 3 is 2.61 bits per heavy atom. The van der Waals surface area contributed by atoms with E-state index in [4.69, 9.17) is 27.9 Å². The molecule has 0 bridgehead atoms. The first-order valence-corrected chi connectivity index (χ1v) is 6.32. The molecule has 0 spiro atoms. The lowest BCUT2D eigenvalue weighted by atomic mass is 10.2. The Hall–Kier alpha value is -1.25. The average Bonchev–Trinajstić information content (AvgIpc) is 2.37. The van der Waals surface area contributed by atoms with Gasteiger partial charge in [0.25, 0.3) is 0 Å². The summed E-state index contributed by atoms with van der Waals surface area (Å²) in [5, 5.41) is 0.631. The van der Waals surface area contributed by atoms with E-state index in [0.29, 0.717) is 22.9 Å². The minimum Gasteiger partial charge on any atom is -0.489 e. The molecule has 0 radical (unpaired) electrons. The number of hydrogen-bond acceptors (Lipinski definition) is 1. The summed E-state index contributed by atoms with van der Waals surface area (Å²) >= 11 is 11.7. The van der Waals surface area contributed by atoms with Crippen molar-refractivity contribution in [3.8, 4) is 5.75 Å². The highest BCUT2D eigenvalue weighted by Gasteiger charge is 2.03. The van der Waals surface area contributed by atoms with Gasteiger partial charge < -0.3 is 4.74 Å². The fraction of sp³-hybridized carbons (Fsp3) is 0.143. The van der Waals surface area contributed by atoms with Gasteiger partial charge in [0.15, 0.2) is 0 Å². The number of ether oxygens (including phenoxy) is 1. The average molecular weight is 285 g/mol. The SMILES string of the molecule is Fc1cc(CCl)cc(OCc2ccccc2Cl)c1. The van der Waals surface area contributed by atoms with Gasteiger partial charge in [0.2, 0.25) is 0 Å². The van der Waals surface area contributed by atoms with Crippen LogP contribution in [0, 0.1) is 5.82 Å². The van der Waals surface area contributed by atoms with Crippen LogP contribution < -0.4 is 4.74 Å². The van der Waals surface area contributed by atoms with Crippen LogP contribution in [0.4, 0.5) is 4.39 Å². The van der Waals surface area contributed by atoms with Crippen LogP contribution in [0.3, 0.4) is 0 Å². The van der Waals surface area contributed by atoms with Crippen LogP contribution in [0.2, 0.25) is 5.02 Å². The Morgan fingerprint density at radius 2 is 1.89 bits per heavy atom. The molecule has 94 valence electrons. The molecule has 18 heavy (non-hydrogen) atoms. The molecule has 0 heterocycles. The predicted octanol–water partition coefficient (Wildman–Crippen LogP) is 4.80. The Labute approximate surface area is 115 Å². The van der Waals surface area contributed by atoms with Crippen LogP contribution in [0.5, 0.6) is 5.75 Å². The Balaban J connectivity index is 2.11. The van der Waals surface area contributed by atoms with Gasteiger partial charge in [-0.15, -0.1) is 11.6 Å². The Kier molecular flexibility index (Phi) is 4.45.